The average molecular weight is 949 g/mol. The Morgan fingerprint density at radius 1 is 0.886 bits per heavy atom. The third-order valence-corrected chi connectivity index (χ3v) is 13.8. The van der Waals surface area contributed by atoms with Gasteiger partial charge in [0, 0.05) is 31.1 Å². The molecule has 12 heteroatoms. The first-order valence-corrected chi connectivity index (χ1v) is 24.4. The molecule has 1 amide bonds. The topological polar surface area (TPSA) is 146 Å². The number of aliphatic hydroxyl groups excluding tert-OH is 2. The molecule has 0 spiro atoms. The monoisotopic (exact) mass is 948 g/mol. The Morgan fingerprint density at radius 2 is 1.64 bits per heavy atom. The molecular weight excluding hydrogens is 885 g/mol. The molecule has 12 nitrogen and oxygen atoms in total. The number of benzene rings is 5. The number of unbranched alkanes of at least 4 members (excludes halogenated alkanes) is 2. The number of hydrogen-bond donors (Lipinski definition) is 2. The van der Waals surface area contributed by atoms with E-state index < -0.39 is 23.8 Å². The Labute approximate surface area is 410 Å². The number of aldehydes is 1. The summed E-state index contributed by atoms with van der Waals surface area (Å²) in [5.74, 6) is -0.431. The third kappa shape index (κ3) is 10.8. The van der Waals surface area contributed by atoms with Crippen molar-refractivity contribution < 1.29 is 48.3 Å². The molecular formula is C58H64N2O10. The molecule has 0 unspecified atom stereocenters. The van der Waals surface area contributed by atoms with Gasteiger partial charge in [-0.3, -0.25) is 9.69 Å². The average Bonchev–Trinajstić information content (AvgIpc) is 3.39. The van der Waals surface area contributed by atoms with Crippen LogP contribution in [0.4, 0.5) is 4.79 Å². The van der Waals surface area contributed by atoms with Crippen LogP contribution in [0.2, 0.25) is 0 Å². The van der Waals surface area contributed by atoms with Crippen LogP contribution in [0.15, 0.2) is 151 Å². The number of carbonyl (C=O) groups excluding carboxylic acids is 2. The molecule has 0 radical (unpaired) electrons. The predicted molar refractivity (Wildman–Crippen MR) is 270 cm³/mol. The van der Waals surface area contributed by atoms with Crippen molar-refractivity contribution >= 4 is 28.9 Å². The van der Waals surface area contributed by atoms with Crippen LogP contribution in [0.1, 0.15) is 84.3 Å². The number of aliphatic hydroxyl groups is 2. The van der Waals surface area contributed by atoms with Crippen molar-refractivity contribution in [1.29, 1.82) is 0 Å². The van der Waals surface area contributed by atoms with Crippen molar-refractivity contribution in [2.45, 2.75) is 82.3 Å². The highest BCUT2D eigenvalue weighted by Gasteiger charge is 2.65. The molecule has 1 fully saturated rings. The summed E-state index contributed by atoms with van der Waals surface area (Å²) in [5, 5.41) is 27.2. The van der Waals surface area contributed by atoms with Gasteiger partial charge in [0.2, 0.25) is 5.79 Å². The van der Waals surface area contributed by atoms with Crippen molar-refractivity contribution in [3.8, 4) is 23.0 Å². The molecule has 5 aromatic carbocycles. The Hall–Kier alpha value is -6.73. The zero-order valence-corrected chi connectivity index (χ0v) is 40.0. The van der Waals surface area contributed by atoms with Crippen LogP contribution in [-0.4, -0.2) is 78.6 Å². The molecule has 0 bridgehead atoms. The third-order valence-electron chi connectivity index (χ3n) is 13.8. The van der Waals surface area contributed by atoms with Gasteiger partial charge in [0.05, 0.1) is 44.1 Å². The number of allylic oxidation sites excluding steroid dienone is 1. The van der Waals surface area contributed by atoms with Gasteiger partial charge < -0.3 is 38.7 Å². The van der Waals surface area contributed by atoms with Gasteiger partial charge in [-0.05, 0) is 108 Å². The second-order valence-corrected chi connectivity index (χ2v) is 18.1. The first-order valence-electron chi connectivity index (χ1n) is 24.4. The SMILES string of the molecule is C=CCCOC(=O)N(Cc1cccc2ccccc12)[C@H]1CC(=NOCc2ccccc2)C2=C[C@H](CCCCO)[C@@H](CCCCO)[C@@H]3c4cc(Oc5ccc(OC)c(C=O)c5)ccc4O[C@@]1(OCC=C)[C@H]23. The zero-order chi connectivity index (χ0) is 48.9. The zero-order valence-electron chi connectivity index (χ0n) is 40.0. The summed E-state index contributed by atoms with van der Waals surface area (Å²) in [6.07, 6.45) is 10.9. The van der Waals surface area contributed by atoms with E-state index in [0.717, 1.165) is 65.0 Å². The van der Waals surface area contributed by atoms with E-state index in [1.165, 1.54) is 7.11 Å². The van der Waals surface area contributed by atoms with Crippen LogP contribution in [0.3, 0.4) is 0 Å². The quantitative estimate of drug-likeness (QED) is 0.0265. The largest absolute Gasteiger partial charge is 0.496 e. The fraction of sp³-hybridized carbons (Fsp3) is 0.362. The normalized spacial score (nSPS) is 21.6. The van der Waals surface area contributed by atoms with Gasteiger partial charge in [-0.1, -0.05) is 109 Å². The fourth-order valence-corrected chi connectivity index (χ4v) is 10.7. The lowest BCUT2D eigenvalue weighted by atomic mass is 9.55. The Bertz CT molecular complexity index is 2660. The molecule has 0 saturated heterocycles. The van der Waals surface area contributed by atoms with Crippen LogP contribution in [0, 0.1) is 17.8 Å². The van der Waals surface area contributed by atoms with E-state index in [4.69, 9.17) is 33.7 Å². The van der Waals surface area contributed by atoms with Gasteiger partial charge in [-0.2, -0.15) is 0 Å². The van der Waals surface area contributed by atoms with Crippen molar-refractivity contribution in [3.05, 3.63) is 168 Å². The molecule has 3 aliphatic rings. The van der Waals surface area contributed by atoms with Crippen molar-refractivity contribution in [2.75, 3.05) is 33.5 Å². The van der Waals surface area contributed by atoms with Crippen molar-refractivity contribution in [3.63, 3.8) is 0 Å². The fourth-order valence-electron chi connectivity index (χ4n) is 10.7. The summed E-state index contributed by atoms with van der Waals surface area (Å²) in [7, 11) is 1.52. The Balaban J connectivity index is 1.35. The number of ether oxygens (including phenoxy) is 5. The smallest absolute Gasteiger partial charge is 0.410 e. The number of oxime groups is 1. The van der Waals surface area contributed by atoms with Crippen LogP contribution < -0.4 is 14.2 Å². The van der Waals surface area contributed by atoms with Crippen molar-refractivity contribution in [1.82, 2.24) is 4.90 Å². The molecule has 6 atom stereocenters. The van der Waals surface area contributed by atoms with Crippen molar-refractivity contribution in [2.24, 2.45) is 22.9 Å². The first kappa shape index (κ1) is 49.7. The van der Waals surface area contributed by atoms with E-state index in [9.17, 15) is 15.0 Å². The minimum atomic E-state index is -1.53. The minimum absolute atomic E-state index is 0.0115. The summed E-state index contributed by atoms with van der Waals surface area (Å²) < 4.78 is 32.8. The van der Waals surface area contributed by atoms with Crippen LogP contribution in [0.25, 0.3) is 10.8 Å². The molecule has 1 saturated carbocycles. The van der Waals surface area contributed by atoms with Gasteiger partial charge in [0.1, 0.15) is 35.6 Å². The summed E-state index contributed by atoms with van der Waals surface area (Å²) in [4.78, 5) is 35.2. The van der Waals surface area contributed by atoms with E-state index in [1.807, 2.05) is 72.8 Å². The van der Waals surface area contributed by atoms with E-state index in [1.54, 1.807) is 35.3 Å². The standard InChI is InChI=1S/C58H64N2O10/c1-4-6-32-66-57(64)60(37-43-22-16-21-41-19-10-11-23-47(41)43)54-36-51(59-68-39-40-17-8-7-9-18-40)49-34-42(20-12-14-29-61)48(24-13-15-30-62)55-50-35-46(69-45-25-27-52(65-3)44(33-45)38-63)26-28-53(50)70-58(54,56(49)55)67-31-5-2/h4-5,7-11,16-19,21-23,25-28,33-35,38,42,48,54-56,61-62H,1-2,6,12-15,20,24,29-32,36-37,39H2,3H3/t42-,48+,54-,55+,56+,58+/m0/s1. The number of carbonyl (C=O) groups is 2. The summed E-state index contributed by atoms with van der Waals surface area (Å²) in [6, 6.07) is 34.1. The maximum atomic E-state index is 15.1. The molecule has 366 valence electrons. The van der Waals surface area contributed by atoms with E-state index in [0.29, 0.717) is 53.5 Å². The van der Waals surface area contributed by atoms with Gasteiger partial charge in [-0.15, -0.1) is 13.2 Å². The molecule has 70 heavy (non-hydrogen) atoms. The van der Waals surface area contributed by atoms with Gasteiger partial charge >= 0.3 is 6.09 Å². The highest BCUT2D eigenvalue weighted by Crippen LogP contribution is 2.62. The number of rotatable bonds is 24. The highest BCUT2D eigenvalue weighted by atomic mass is 16.7. The number of fused-ring (bicyclic) bond motifs is 3. The predicted octanol–water partition coefficient (Wildman–Crippen LogP) is 11.5. The Kier molecular flexibility index (Phi) is 16.8. The van der Waals surface area contributed by atoms with Gasteiger partial charge in [0.15, 0.2) is 6.29 Å². The second kappa shape index (κ2) is 23.7. The second-order valence-electron chi connectivity index (χ2n) is 18.1. The van der Waals surface area contributed by atoms with Gasteiger partial charge in [-0.25, -0.2) is 4.79 Å². The van der Waals surface area contributed by atoms with Crippen LogP contribution in [0.5, 0.6) is 23.0 Å². The molecule has 5 aromatic rings. The molecule has 1 heterocycles. The summed E-state index contributed by atoms with van der Waals surface area (Å²) >= 11 is 0. The Morgan fingerprint density at radius 3 is 2.41 bits per heavy atom. The number of amides is 1. The minimum Gasteiger partial charge on any atom is -0.496 e. The maximum absolute atomic E-state index is 15.1. The first-order chi connectivity index (χ1) is 34.4. The molecule has 2 aliphatic carbocycles. The van der Waals surface area contributed by atoms with E-state index >= 15 is 4.79 Å². The number of nitrogens with zero attached hydrogens (tertiary/aromatic N) is 2. The maximum Gasteiger partial charge on any atom is 0.410 e. The van der Waals surface area contributed by atoms with Gasteiger partial charge in [0.25, 0.3) is 0 Å². The molecule has 8 rings (SSSR count). The number of methoxy groups -OCH3 is 1. The van der Waals surface area contributed by atoms with E-state index in [-0.39, 0.29) is 63.8 Å². The molecule has 0 aromatic heterocycles. The van der Waals surface area contributed by atoms with Crippen LogP contribution in [-0.2, 0) is 27.5 Å². The highest BCUT2D eigenvalue weighted by molar-refractivity contribution is 6.03. The summed E-state index contributed by atoms with van der Waals surface area (Å²) in [6.45, 7) is 8.69. The van der Waals surface area contributed by atoms with E-state index in [2.05, 4.69) is 37.4 Å². The van der Waals surface area contributed by atoms with Crippen LogP contribution >= 0.6 is 0 Å². The molecule has 1 aliphatic heterocycles. The molecule has 2 N–H and O–H groups in total. The lowest BCUT2D eigenvalue weighted by Crippen LogP contribution is -2.70. The summed E-state index contributed by atoms with van der Waals surface area (Å²) in [5.41, 5.74) is 4.67. The lowest BCUT2D eigenvalue weighted by molar-refractivity contribution is -0.256. The number of hydrogen-bond acceptors (Lipinski definition) is 11. The lowest BCUT2D eigenvalue weighted by Gasteiger charge is -2.59.